The average molecular weight is 272 g/mol. The van der Waals surface area contributed by atoms with Gasteiger partial charge in [0.1, 0.15) is 0 Å². The van der Waals surface area contributed by atoms with E-state index in [1.165, 1.54) is 0 Å². The number of hydrogen-bond acceptors (Lipinski definition) is 4. The smallest absolute Gasteiger partial charge is 0.253 e. The maximum Gasteiger partial charge on any atom is 0.253 e. The van der Waals surface area contributed by atoms with Gasteiger partial charge in [-0.05, 0) is 13.0 Å². The van der Waals surface area contributed by atoms with Gasteiger partial charge in [0, 0.05) is 36.8 Å². The van der Waals surface area contributed by atoms with E-state index in [0.717, 1.165) is 11.1 Å². The zero-order valence-corrected chi connectivity index (χ0v) is 11.5. The second-order valence-electron chi connectivity index (χ2n) is 5.37. The highest BCUT2D eigenvalue weighted by Crippen LogP contribution is 2.20. The van der Waals surface area contributed by atoms with Gasteiger partial charge in [0.25, 0.3) is 5.91 Å². The zero-order valence-electron chi connectivity index (χ0n) is 11.5. The number of carbonyl (C=O) groups is 1. The topological polar surface area (TPSA) is 69.0 Å². The minimum absolute atomic E-state index is 0.131. The van der Waals surface area contributed by atoms with Gasteiger partial charge in [-0.15, -0.1) is 0 Å². The number of pyridine rings is 1. The Morgan fingerprint density at radius 1 is 1.35 bits per heavy atom. The fourth-order valence-corrected chi connectivity index (χ4v) is 2.12. The van der Waals surface area contributed by atoms with Crippen LogP contribution in [-0.4, -0.2) is 39.4 Å². The molecule has 1 aliphatic rings. The van der Waals surface area contributed by atoms with Gasteiger partial charge in [0.15, 0.2) is 0 Å². The van der Waals surface area contributed by atoms with Crippen molar-refractivity contribution in [2.45, 2.75) is 12.5 Å². The summed E-state index contributed by atoms with van der Waals surface area (Å²) in [5.74, 6) is -0.131. The predicted octanol–water partition coefficient (Wildman–Crippen LogP) is 1.00. The summed E-state index contributed by atoms with van der Waals surface area (Å²) in [5.41, 5.74) is 2.09. The molecule has 1 fully saturated rings. The van der Waals surface area contributed by atoms with Crippen LogP contribution in [0.1, 0.15) is 17.3 Å². The molecule has 0 saturated carbocycles. The van der Waals surface area contributed by atoms with Crippen molar-refractivity contribution in [1.29, 1.82) is 0 Å². The second kappa shape index (κ2) is 4.72. The van der Waals surface area contributed by atoms with Crippen molar-refractivity contribution in [2.75, 3.05) is 13.2 Å². The monoisotopic (exact) mass is 272 g/mol. The maximum absolute atomic E-state index is 12.2. The normalized spacial score (nSPS) is 16.5. The molecule has 3 heterocycles. The van der Waals surface area contributed by atoms with E-state index < -0.39 is 0 Å². The lowest BCUT2D eigenvalue weighted by Crippen LogP contribution is -2.59. The van der Waals surface area contributed by atoms with Crippen molar-refractivity contribution in [3.8, 4) is 11.1 Å². The number of carbonyl (C=O) groups excluding carboxylic acids is 1. The number of nitrogens with zero attached hydrogens (tertiary/aromatic N) is 3. The van der Waals surface area contributed by atoms with Crippen LogP contribution < -0.4 is 5.32 Å². The lowest BCUT2D eigenvalue weighted by molar-refractivity contribution is -0.0593. The number of amides is 1. The van der Waals surface area contributed by atoms with Crippen molar-refractivity contribution in [3.63, 3.8) is 0 Å². The molecule has 3 rings (SSSR count). The van der Waals surface area contributed by atoms with E-state index in [-0.39, 0.29) is 11.4 Å². The van der Waals surface area contributed by atoms with E-state index >= 15 is 0 Å². The molecule has 104 valence electrons. The second-order valence-corrected chi connectivity index (χ2v) is 5.37. The van der Waals surface area contributed by atoms with Gasteiger partial charge in [-0.1, -0.05) is 0 Å². The third-order valence-corrected chi connectivity index (χ3v) is 3.30. The van der Waals surface area contributed by atoms with Crippen LogP contribution in [0.3, 0.4) is 0 Å². The van der Waals surface area contributed by atoms with Crippen molar-refractivity contribution in [2.24, 2.45) is 7.05 Å². The van der Waals surface area contributed by atoms with E-state index in [1.54, 1.807) is 23.3 Å². The van der Waals surface area contributed by atoms with Gasteiger partial charge in [-0.3, -0.25) is 14.5 Å². The number of rotatable bonds is 3. The molecule has 1 saturated heterocycles. The summed E-state index contributed by atoms with van der Waals surface area (Å²) in [4.78, 5) is 16.4. The molecule has 1 N–H and O–H groups in total. The highest BCUT2D eigenvalue weighted by molar-refractivity contribution is 5.95. The Morgan fingerprint density at radius 3 is 2.75 bits per heavy atom. The molecular weight excluding hydrogens is 256 g/mol. The third kappa shape index (κ3) is 2.42. The lowest BCUT2D eigenvalue weighted by atomic mass is 10.00. The summed E-state index contributed by atoms with van der Waals surface area (Å²) in [6.45, 7) is 3.07. The Bertz CT molecular complexity index is 646. The Morgan fingerprint density at radius 2 is 2.15 bits per heavy atom. The number of aromatic nitrogens is 3. The molecule has 2 aromatic heterocycles. The summed E-state index contributed by atoms with van der Waals surface area (Å²) in [6, 6.07) is 1.82. The first kappa shape index (κ1) is 12.8. The molecule has 6 nitrogen and oxygen atoms in total. The van der Waals surface area contributed by atoms with Crippen LogP contribution in [0.2, 0.25) is 0 Å². The van der Waals surface area contributed by atoms with E-state index in [9.17, 15) is 4.79 Å². The van der Waals surface area contributed by atoms with Gasteiger partial charge < -0.3 is 10.1 Å². The standard InChI is InChI=1S/C14H16N4O2/c1-14(8-20-9-14)17-13(19)11-3-10(4-15-5-11)12-6-16-18(2)7-12/h3-7H,8-9H2,1-2H3,(H,17,19). The molecular formula is C14H16N4O2. The summed E-state index contributed by atoms with van der Waals surface area (Å²) in [5, 5.41) is 7.09. The highest BCUT2D eigenvalue weighted by Gasteiger charge is 2.35. The number of hydrogen-bond donors (Lipinski definition) is 1. The molecule has 20 heavy (non-hydrogen) atoms. The van der Waals surface area contributed by atoms with E-state index in [2.05, 4.69) is 15.4 Å². The quantitative estimate of drug-likeness (QED) is 0.905. The molecule has 0 aliphatic carbocycles. The molecule has 0 bridgehead atoms. The molecule has 0 atom stereocenters. The fourth-order valence-electron chi connectivity index (χ4n) is 2.12. The van der Waals surface area contributed by atoms with Crippen molar-refractivity contribution in [3.05, 3.63) is 36.4 Å². The Hall–Kier alpha value is -2.21. The molecule has 1 aliphatic heterocycles. The van der Waals surface area contributed by atoms with Gasteiger partial charge in [-0.2, -0.15) is 5.10 Å². The minimum atomic E-state index is -0.263. The summed E-state index contributed by atoms with van der Waals surface area (Å²) in [6.07, 6.45) is 6.93. The van der Waals surface area contributed by atoms with Crippen molar-refractivity contribution >= 4 is 5.91 Å². The van der Waals surface area contributed by atoms with Crippen LogP contribution in [0.5, 0.6) is 0 Å². The summed E-state index contributed by atoms with van der Waals surface area (Å²) < 4.78 is 6.85. The maximum atomic E-state index is 12.2. The van der Waals surface area contributed by atoms with Crippen LogP contribution in [0.4, 0.5) is 0 Å². The van der Waals surface area contributed by atoms with Gasteiger partial charge in [-0.25, -0.2) is 0 Å². The van der Waals surface area contributed by atoms with E-state index in [0.29, 0.717) is 18.8 Å². The minimum Gasteiger partial charge on any atom is -0.376 e. The molecule has 0 radical (unpaired) electrons. The van der Waals surface area contributed by atoms with Crippen LogP contribution >= 0.6 is 0 Å². The first-order valence-corrected chi connectivity index (χ1v) is 6.40. The molecule has 0 aromatic carbocycles. The van der Waals surface area contributed by atoms with Crippen molar-refractivity contribution in [1.82, 2.24) is 20.1 Å². The van der Waals surface area contributed by atoms with E-state index in [1.807, 2.05) is 26.2 Å². The number of nitrogens with one attached hydrogen (secondary N) is 1. The van der Waals surface area contributed by atoms with Crippen LogP contribution in [-0.2, 0) is 11.8 Å². The Balaban J connectivity index is 1.82. The first-order valence-electron chi connectivity index (χ1n) is 6.40. The average Bonchev–Trinajstić information content (AvgIpc) is 2.84. The largest absolute Gasteiger partial charge is 0.376 e. The van der Waals surface area contributed by atoms with Crippen LogP contribution in [0, 0.1) is 0 Å². The predicted molar refractivity (Wildman–Crippen MR) is 73.1 cm³/mol. The number of ether oxygens (including phenoxy) is 1. The fraction of sp³-hybridized carbons (Fsp3) is 0.357. The highest BCUT2D eigenvalue weighted by atomic mass is 16.5. The molecule has 0 unspecified atom stereocenters. The Kier molecular flexibility index (Phi) is 3.02. The molecule has 2 aromatic rings. The zero-order chi connectivity index (χ0) is 14.2. The third-order valence-electron chi connectivity index (χ3n) is 3.30. The Labute approximate surface area is 116 Å². The van der Waals surface area contributed by atoms with Crippen LogP contribution in [0.25, 0.3) is 11.1 Å². The number of aryl methyl sites for hydroxylation is 1. The van der Waals surface area contributed by atoms with Gasteiger partial charge in [0.05, 0.1) is 30.5 Å². The molecule has 0 spiro atoms. The van der Waals surface area contributed by atoms with Gasteiger partial charge in [0.2, 0.25) is 0 Å². The van der Waals surface area contributed by atoms with Crippen molar-refractivity contribution < 1.29 is 9.53 Å². The molecule has 6 heteroatoms. The first-order chi connectivity index (χ1) is 9.56. The summed E-state index contributed by atoms with van der Waals surface area (Å²) >= 11 is 0. The SMILES string of the molecule is Cn1cc(-c2cncc(C(=O)NC3(C)COC3)c2)cn1. The van der Waals surface area contributed by atoms with Crippen LogP contribution in [0.15, 0.2) is 30.9 Å². The van der Waals surface area contributed by atoms with Gasteiger partial charge >= 0.3 is 0 Å². The van der Waals surface area contributed by atoms with E-state index in [4.69, 9.17) is 4.74 Å². The summed E-state index contributed by atoms with van der Waals surface area (Å²) in [7, 11) is 1.85. The molecule has 1 amide bonds. The lowest BCUT2D eigenvalue weighted by Gasteiger charge is -2.38.